The molecule has 1 aliphatic rings. The number of nitrogens with one attached hydrogen (secondary N) is 1. The van der Waals surface area contributed by atoms with Crippen molar-refractivity contribution in [2.75, 3.05) is 20.7 Å². The van der Waals surface area contributed by atoms with E-state index in [1.54, 1.807) is 12.1 Å². The number of aliphatic hydroxyl groups excluding tert-OH is 1. The van der Waals surface area contributed by atoms with Gasteiger partial charge < -0.3 is 15.2 Å². The maximum atomic E-state index is 13.1. The van der Waals surface area contributed by atoms with E-state index in [2.05, 4.69) is 5.32 Å². The van der Waals surface area contributed by atoms with Crippen molar-refractivity contribution in [3.05, 3.63) is 35.1 Å². The molecule has 1 aromatic rings. The number of hydrogen-bond donors (Lipinski definition) is 2. The molecule has 0 bridgehead atoms. The van der Waals surface area contributed by atoms with Crippen LogP contribution >= 0.6 is 0 Å². The molecule has 0 aromatic heterocycles. The molecule has 1 atom stereocenters. The van der Waals surface area contributed by atoms with Crippen molar-refractivity contribution in [1.82, 2.24) is 5.32 Å². The SMILES string of the molecule is CNC.OC1COCc2c(F)cccc21. The minimum atomic E-state index is -0.676. The largest absolute Gasteiger partial charge is 0.386 e. The van der Waals surface area contributed by atoms with Gasteiger partial charge in [0.2, 0.25) is 0 Å². The predicted octanol–water partition coefficient (Wildman–Crippen LogP) is 1.22. The number of rotatable bonds is 0. The summed E-state index contributed by atoms with van der Waals surface area (Å²) >= 11 is 0. The van der Waals surface area contributed by atoms with Crippen LogP contribution in [-0.2, 0) is 11.3 Å². The highest BCUT2D eigenvalue weighted by Gasteiger charge is 2.20. The van der Waals surface area contributed by atoms with Crippen LogP contribution in [0.3, 0.4) is 0 Å². The molecule has 0 saturated heterocycles. The van der Waals surface area contributed by atoms with Crippen molar-refractivity contribution in [2.24, 2.45) is 0 Å². The molecule has 2 rings (SSSR count). The molecule has 0 aliphatic carbocycles. The zero-order valence-corrected chi connectivity index (χ0v) is 8.96. The Morgan fingerprint density at radius 1 is 1.47 bits per heavy atom. The van der Waals surface area contributed by atoms with Gasteiger partial charge in [0.05, 0.1) is 13.2 Å². The summed E-state index contributed by atoms with van der Waals surface area (Å²) in [5.74, 6) is -0.300. The fourth-order valence-corrected chi connectivity index (χ4v) is 1.40. The summed E-state index contributed by atoms with van der Waals surface area (Å²) in [6.07, 6.45) is -0.676. The lowest BCUT2D eigenvalue weighted by Gasteiger charge is -2.21. The molecule has 1 heterocycles. The summed E-state index contributed by atoms with van der Waals surface area (Å²) in [5, 5.41) is 12.1. The molecule has 0 radical (unpaired) electrons. The van der Waals surface area contributed by atoms with E-state index in [4.69, 9.17) is 4.74 Å². The molecule has 3 nitrogen and oxygen atoms in total. The molecular formula is C11H16FNO2. The summed E-state index contributed by atoms with van der Waals surface area (Å²) < 4.78 is 18.1. The highest BCUT2D eigenvalue weighted by Crippen LogP contribution is 2.26. The molecular weight excluding hydrogens is 197 g/mol. The Labute approximate surface area is 88.9 Å². The first-order valence-corrected chi connectivity index (χ1v) is 4.82. The van der Waals surface area contributed by atoms with Gasteiger partial charge in [0.15, 0.2) is 0 Å². The van der Waals surface area contributed by atoms with Crippen LogP contribution in [-0.4, -0.2) is 25.8 Å². The number of fused-ring (bicyclic) bond motifs is 1. The minimum Gasteiger partial charge on any atom is -0.386 e. The van der Waals surface area contributed by atoms with E-state index in [0.717, 1.165) is 0 Å². The van der Waals surface area contributed by atoms with Gasteiger partial charge in [-0.25, -0.2) is 4.39 Å². The van der Waals surface area contributed by atoms with E-state index in [9.17, 15) is 9.50 Å². The molecule has 1 aromatic carbocycles. The van der Waals surface area contributed by atoms with Crippen molar-refractivity contribution in [3.8, 4) is 0 Å². The van der Waals surface area contributed by atoms with Crippen LogP contribution in [0.15, 0.2) is 18.2 Å². The average Bonchev–Trinajstić information content (AvgIpc) is 2.21. The quantitative estimate of drug-likeness (QED) is 0.681. The lowest BCUT2D eigenvalue weighted by atomic mass is 10.0. The number of hydrogen-bond acceptors (Lipinski definition) is 3. The fraction of sp³-hybridized carbons (Fsp3) is 0.455. The Bertz CT molecular complexity index is 317. The van der Waals surface area contributed by atoms with Gasteiger partial charge in [0.1, 0.15) is 11.9 Å². The lowest BCUT2D eigenvalue weighted by molar-refractivity contribution is 0.00804. The number of ether oxygens (including phenoxy) is 1. The minimum absolute atomic E-state index is 0.260. The van der Waals surface area contributed by atoms with Crippen LogP contribution in [0, 0.1) is 5.82 Å². The van der Waals surface area contributed by atoms with Crippen LogP contribution in [0.25, 0.3) is 0 Å². The molecule has 1 aliphatic heterocycles. The fourth-order valence-electron chi connectivity index (χ4n) is 1.40. The van der Waals surface area contributed by atoms with Gasteiger partial charge in [0, 0.05) is 5.56 Å². The van der Waals surface area contributed by atoms with E-state index in [1.165, 1.54) is 6.07 Å². The molecule has 4 heteroatoms. The van der Waals surface area contributed by atoms with Crippen molar-refractivity contribution in [2.45, 2.75) is 12.7 Å². The third-order valence-corrected chi connectivity index (χ3v) is 2.04. The highest BCUT2D eigenvalue weighted by molar-refractivity contribution is 5.31. The second-order valence-corrected chi connectivity index (χ2v) is 3.34. The van der Waals surface area contributed by atoms with Crippen LogP contribution in [0.4, 0.5) is 4.39 Å². The Balaban J connectivity index is 0.000000337. The maximum Gasteiger partial charge on any atom is 0.129 e. The Morgan fingerprint density at radius 2 is 2.13 bits per heavy atom. The number of aliphatic hydroxyl groups is 1. The second-order valence-electron chi connectivity index (χ2n) is 3.34. The Morgan fingerprint density at radius 3 is 2.73 bits per heavy atom. The monoisotopic (exact) mass is 213 g/mol. The van der Waals surface area contributed by atoms with Gasteiger partial charge >= 0.3 is 0 Å². The van der Waals surface area contributed by atoms with Gasteiger partial charge in [-0.1, -0.05) is 12.1 Å². The van der Waals surface area contributed by atoms with Crippen LogP contribution in [0.2, 0.25) is 0 Å². The van der Waals surface area contributed by atoms with Crippen LogP contribution in [0.5, 0.6) is 0 Å². The maximum absolute atomic E-state index is 13.1. The molecule has 0 fully saturated rings. The van der Waals surface area contributed by atoms with Crippen molar-refractivity contribution >= 4 is 0 Å². The van der Waals surface area contributed by atoms with Crippen molar-refractivity contribution < 1.29 is 14.2 Å². The van der Waals surface area contributed by atoms with E-state index < -0.39 is 6.10 Å². The van der Waals surface area contributed by atoms with E-state index >= 15 is 0 Å². The molecule has 84 valence electrons. The van der Waals surface area contributed by atoms with Crippen LogP contribution in [0.1, 0.15) is 17.2 Å². The average molecular weight is 213 g/mol. The zero-order chi connectivity index (χ0) is 11.3. The lowest BCUT2D eigenvalue weighted by Crippen LogP contribution is -2.17. The Kier molecular flexibility index (Phi) is 4.68. The molecule has 0 spiro atoms. The normalized spacial score (nSPS) is 18.8. The van der Waals surface area contributed by atoms with Gasteiger partial charge in [-0.05, 0) is 25.7 Å². The predicted molar refractivity (Wildman–Crippen MR) is 56.0 cm³/mol. The van der Waals surface area contributed by atoms with Gasteiger partial charge in [-0.15, -0.1) is 0 Å². The van der Waals surface area contributed by atoms with Gasteiger partial charge in [-0.3, -0.25) is 0 Å². The van der Waals surface area contributed by atoms with Crippen LogP contribution < -0.4 is 5.32 Å². The molecule has 15 heavy (non-hydrogen) atoms. The van der Waals surface area contributed by atoms with E-state index in [0.29, 0.717) is 11.1 Å². The first kappa shape index (κ1) is 12.1. The zero-order valence-electron chi connectivity index (χ0n) is 8.96. The number of benzene rings is 1. The van der Waals surface area contributed by atoms with E-state index in [1.807, 2.05) is 14.1 Å². The van der Waals surface area contributed by atoms with Crippen molar-refractivity contribution in [3.63, 3.8) is 0 Å². The smallest absolute Gasteiger partial charge is 0.129 e. The molecule has 0 amide bonds. The molecule has 0 saturated carbocycles. The topological polar surface area (TPSA) is 41.5 Å². The first-order chi connectivity index (χ1) is 7.20. The standard InChI is InChI=1S/C9H9FO2.C2H7N/c10-8-3-1-2-6-7(8)4-12-5-9(6)11;1-3-2/h1-3,9,11H,4-5H2;3H,1-2H3. The third kappa shape index (κ3) is 2.99. The summed E-state index contributed by atoms with van der Waals surface area (Å²) in [6, 6.07) is 4.70. The molecule has 2 N–H and O–H groups in total. The van der Waals surface area contributed by atoms with Gasteiger partial charge in [0.25, 0.3) is 0 Å². The summed E-state index contributed by atoms with van der Waals surface area (Å²) in [6.45, 7) is 0.523. The summed E-state index contributed by atoms with van der Waals surface area (Å²) in [4.78, 5) is 0. The highest BCUT2D eigenvalue weighted by atomic mass is 19.1. The summed E-state index contributed by atoms with van der Waals surface area (Å²) in [7, 11) is 3.75. The van der Waals surface area contributed by atoms with E-state index in [-0.39, 0.29) is 19.0 Å². The first-order valence-electron chi connectivity index (χ1n) is 4.82. The Hall–Kier alpha value is -0.970. The van der Waals surface area contributed by atoms with Crippen molar-refractivity contribution in [1.29, 1.82) is 0 Å². The summed E-state index contributed by atoms with van der Waals surface area (Å²) in [5.41, 5.74) is 1.14. The van der Waals surface area contributed by atoms with Gasteiger partial charge in [-0.2, -0.15) is 0 Å². The number of halogens is 1. The molecule has 1 unspecified atom stereocenters. The second kappa shape index (κ2) is 5.80. The third-order valence-electron chi connectivity index (χ3n) is 2.04.